The molecule has 20 nitrogen and oxygen atoms in total. The summed E-state index contributed by atoms with van der Waals surface area (Å²) in [7, 11) is 0. The number of aliphatic carboxylic acids is 2. The Kier molecular flexibility index (Phi) is 15.0. The molecule has 6 aliphatic rings. The molecular formula is C42H66O20. The Balaban J connectivity index is 1.05. The highest BCUT2D eigenvalue weighted by atomic mass is 16.7. The van der Waals surface area contributed by atoms with Gasteiger partial charge in [-0.1, -0.05) is 20.8 Å². The number of esters is 2. The molecule has 11 N–H and O–H groups in total. The molecule has 2 heterocycles. The van der Waals surface area contributed by atoms with Gasteiger partial charge in [-0.05, 0) is 104 Å². The van der Waals surface area contributed by atoms with Gasteiger partial charge in [-0.3, -0.25) is 14.4 Å². The zero-order valence-corrected chi connectivity index (χ0v) is 35.4. The Bertz CT molecular complexity index is 1610. The summed E-state index contributed by atoms with van der Waals surface area (Å²) >= 11 is 0. The molecule has 21 atom stereocenters. The van der Waals surface area contributed by atoms with E-state index in [-0.39, 0.29) is 35.2 Å². The predicted octanol–water partition coefficient (Wildman–Crippen LogP) is -1.21. The SMILES string of the molecule is C[C@H](CCC(=O)OC[C@H]1O[C@@H](O[C@H]2[C@H](OC(=O)CC(O)(CC(=O)O)C(=O)O)[C@@H](O)[C@@H](O)O[C@@H]2CO)[C@H](O)[C@@H](O)[C@H]1O)[C@H]1CCC2C3CC[C@@H]4C[C@H](O)CC[C@]4(C)C3C[C@H](O)[C@@]21C. The van der Waals surface area contributed by atoms with Crippen molar-refractivity contribution in [3.8, 4) is 0 Å². The molecule has 4 aliphatic carbocycles. The topological polar surface area (TPSA) is 337 Å². The molecule has 6 fully saturated rings. The zero-order chi connectivity index (χ0) is 45.6. The number of carboxylic acid groups (broad SMARTS) is 2. The molecule has 0 amide bonds. The quantitative estimate of drug-likeness (QED) is 0.0860. The lowest BCUT2D eigenvalue weighted by atomic mass is 9.43. The van der Waals surface area contributed by atoms with Crippen LogP contribution in [-0.4, -0.2) is 172 Å². The molecule has 0 aromatic rings. The largest absolute Gasteiger partial charge is 0.481 e. The third-order valence-electron chi connectivity index (χ3n) is 16.0. The summed E-state index contributed by atoms with van der Waals surface area (Å²) in [6.45, 7) is 5.07. The van der Waals surface area contributed by atoms with E-state index in [1.165, 1.54) is 0 Å². The number of hydrogen-bond acceptors (Lipinski definition) is 18. The average Bonchev–Trinajstić information content (AvgIpc) is 3.57. The molecule has 62 heavy (non-hydrogen) atoms. The lowest BCUT2D eigenvalue weighted by Crippen LogP contribution is -2.65. The first-order valence-electron chi connectivity index (χ1n) is 21.9. The van der Waals surface area contributed by atoms with Gasteiger partial charge in [0.1, 0.15) is 49.3 Å². The minimum absolute atomic E-state index is 0.00904. The number of rotatable bonds is 15. The van der Waals surface area contributed by atoms with Gasteiger partial charge in [-0.25, -0.2) is 4.79 Å². The summed E-state index contributed by atoms with van der Waals surface area (Å²) in [6.07, 6.45) is -14.8. The number of carbonyl (C=O) groups is 4. The van der Waals surface area contributed by atoms with Gasteiger partial charge >= 0.3 is 23.9 Å². The van der Waals surface area contributed by atoms with Crippen LogP contribution in [0.2, 0.25) is 0 Å². The lowest BCUT2D eigenvalue weighted by Gasteiger charge is -2.62. The van der Waals surface area contributed by atoms with E-state index in [0.717, 1.165) is 51.4 Å². The first-order chi connectivity index (χ1) is 29.0. The number of hydrogen-bond donors (Lipinski definition) is 11. The fourth-order valence-corrected chi connectivity index (χ4v) is 12.5. The van der Waals surface area contributed by atoms with E-state index >= 15 is 0 Å². The normalized spacial score (nSPS) is 45.6. The molecule has 20 heteroatoms. The Hall–Kier alpha value is -2.60. The highest BCUT2D eigenvalue weighted by molar-refractivity contribution is 5.88. The second-order valence-corrected chi connectivity index (χ2v) is 19.5. The highest BCUT2D eigenvalue weighted by Gasteiger charge is 2.64. The number of ether oxygens (including phenoxy) is 5. The van der Waals surface area contributed by atoms with E-state index in [0.29, 0.717) is 30.1 Å². The van der Waals surface area contributed by atoms with Gasteiger partial charge in [0.05, 0.1) is 31.7 Å². The standard InChI is InChI=1S/C42H66O20/c1-18(22-7-8-23-21-6-5-19-12-20(44)10-11-40(19,2)24(21)13-27(45)41(22,23)3)4-9-29(48)58-17-26-31(50)32(51)33(52)38(60-26)62-35-25(16-43)59-37(54)34(53)36(35)61-30(49)15-42(57,39(55)56)14-28(46)47/h18-27,31-38,43-45,50-54,57H,4-17H2,1-3H3,(H,46,47)(H,55,56)/t18-,19-,20-,21?,22-,23?,24?,25-,26-,27+,31+,32+,33-,34-,35-,36-,37+,38+,40+,41-,42?/m1/s1. The van der Waals surface area contributed by atoms with Crippen molar-refractivity contribution >= 4 is 23.9 Å². The van der Waals surface area contributed by atoms with Crippen molar-refractivity contribution in [2.75, 3.05) is 13.2 Å². The van der Waals surface area contributed by atoms with Crippen LogP contribution in [0.1, 0.15) is 97.8 Å². The molecule has 4 saturated carbocycles. The summed E-state index contributed by atoms with van der Waals surface area (Å²) < 4.78 is 27.1. The van der Waals surface area contributed by atoms with E-state index < -0.39 is 123 Å². The van der Waals surface area contributed by atoms with E-state index in [4.69, 9.17) is 28.8 Å². The smallest absolute Gasteiger partial charge is 0.336 e. The number of aliphatic hydroxyl groups excluding tert-OH is 8. The molecule has 0 aromatic carbocycles. The first kappa shape index (κ1) is 48.8. The summed E-state index contributed by atoms with van der Waals surface area (Å²) in [5, 5.41) is 114. The van der Waals surface area contributed by atoms with Gasteiger partial charge in [0.2, 0.25) is 0 Å². The van der Waals surface area contributed by atoms with Crippen LogP contribution in [0.15, 0.2) is 0 Å². The van der Waals surface area contributed by atoms with Crippen LogP contribution in [-0.2, 0) is 42.9 Å². The minimum Gasteiger partial charge on any atom is -0.481 e. The molecule has 2 saturated heterocycles. The van der Waals surface area contributed by atoms with Gasteiger partial charge in [0, 0.05) is 6.42 Å². The number of carbonyl (C=O) groups excluding carboxylic acids is 2. The Morgan fingerprint density at radius 1 is 0.790 bits per heavy atom. The maximum atomic E-state index is 13.2. The molecule has 354 valence electrons. The average molecular weight is 891 g/mol. The van der Waals surface area contributed by atoms with Crippen LogP contribution >= 0.6 is 0 Å². The van der Waals surface area contributed by atoms with Gasteiger partial charge in [0.25, 0.3) is 0 Å². The monoisotopic (exact) mass is 890 g/mol. The van der Waals surface area contributed by atoms with Crippen molar-refractivity contribution in [3.05, 3.63) is 0 Å². The van der Waals surface area contributed by atoms with Crippen LogP contribution in [0.5, 0.6) is 0 Å². The van der Waals surface area contributed by atoms with E-state index in [9.17, 15) is 70.2 Å². The summed E-state index contributed by atoms with van der Waals surface area (Å²) in [5.41, 5.74) is -3.36. The summed E-state index contributed by atoms with van der Waals surface area (Å²) in [6, 6.07) is 0. The van der Waals surface area contributed by atoms with Gasteiger partial charge in [0.15, 0.2) is 24.3 Å². The van der Waals surface area contributed by atoms with E-state index in [1.807, 2.05) is 0 Å². The van der Waals surface area contributed by atoms with Crippen LogP contribution in [0, 0.1) is 46.3 Å². The fourth-order valence-electron chi connectivity index (χ4n) is 12.5. The number of aliphatic hydroxyl groups is 9. The van der Waals surface area contributed by atoms with Crippen LogP contribution < -0.4 is 0 Å². The zero-order valence-electron chi connectivity index (χ0n) is 35.4. The first-order valence-corrected chi connectivity index (χ1v) is 21.9. The Morgan fingerprint density at radius 3 is 2.16 bits per heavy atom. The van der Waals surface area contributed by atoms with Crippen molar-refractivity contribution in [1.29, 1.82) is 0 Å². The van der Waals surface area contributed by atoms with Crippen molar-refractivity contribution in [1.82, 2.24) is 0 Å². The van der Waals surface area contributed by atoms with Crippen LogP contribution in [0.3, 0.4) is 0 Å². The van der Waals surface area contributed by atoms with Crippen molar-refractivity contribution in [3.63, 3.8) is 0 Å². The van der Waals surface area contributed by atoms with Gasteiger partial charge in [-0.2, -0.15) is 0 Å². The van der Waals surface area contributed by atoms with Gasteiger partial charge in [-0.15, -0.1) is 0 Å². The van der Waals surface area contributed by atoms with Crippen molar-refractivity contribution in [2.45, 2.75) is 177 Å². The molecule has 6 rings (SSSR count). The third kappa shape index (κ3) is 9.40. The third-order valence-corrected chi connectivity index (χ3v) is 16.0. The maximum Gasteiger partial charge on any atom is 0.336 e. The van der Waals surface area contributed by atoms with Crippen molar-refractivity contribution in [2.24, 2.45) is 46.3 Å². The predicted molar refractivity (Wildman–Crippen MR) is 207 cm³/mol. The molecule has 0 aromatic heterocycles. The second kappa shape index (κ2) is 19.1. The maximum absolute atomic E-state index is 13.2. The molecule has 0 spiro atoms. The Labute approximate surface area is 359 Å². The van der Waals surface area contributed by atoms with Gasteiger partial charge < -0.3 is 79.9 Å². The second-order valence-electron chi connectivity index (χ2n) is 19.5. The van der Waals surface area contributed by atoms with Crippen molar-refractivity contribution < 1.29 is 99.0 Å². The van der Waals surface area contributed by atoms with Crippen LogP contribution in [0.25, 0.3) is 0 Å². The fraction of sp³-hybridized carbons (Fsp3) is 0.905. The van der Waals surface area contributed by atoms with E-state index in [2.05, 4.69) is 20.8 Å². The molecule has 0 radical (unpaired) electrons. The molecule has 0 bridgehead atoms. The summed E-state index contributed by atoms with van der Waals surface area (Å²) in [5.74, 6) is -4.13. The minimum atomic E-state index is -3.14. The summed E-state index contributed by atoms with van der Waals surface area (Å²) in [4.78, 5) is 48.7. The number of fused-ring (bicyclic) bond motifs is 5. The van der Waals surface area contributed by atoms with Crippen LogP contribution in [0.4, 0.5) is 0 Å². The number of carboxylic acids is 2. The van der Waals surface area contributed by atoms with E-state index in [1.54, 1.807) is 0 Å². The molecule has 2 aliphatic heterocycles. The lowest BCUT2D eigenvalue weighted by molar-refractivity contribution is -0.356. The molecular weight excluding hydrogens is 824 g/mol. The molecule has 4 unspecified atom stereocenters. The Morgan fingerprint density at radius 2 is 1.50 bits per heavy atom. The highest BCUT2D eigenvalue weighted by Crippen LogP contribution is 2.68.